The number of aliphatic carboxylic acids is 7. The Labute approximate surface area is 235 Å². The predicted octanol–water partition coefficient (Wildman–Crippen LogP) is -2.32. The van der Waals surface area contributed by atoms with Crippen LogP contribution in [0, 0.1) is 0 Å². The van der Waals surface area contributed by atoms with Gasteiger partial charge in [0, 0.05) is 32.6 Å². The summed E-state index contributed by atoms with van der Waals surface area (Å²) in [5.74, 6) is -6.65. The molecule has 0 aromatic rings. The van der Waals surface area contributed by atoms with Gasteiger partial charge in [-0.05, 0) is 6.92 Å². The van der Waals surface area contributed by atoms with Crippen LogP contribution in [0.25, 0.3) is 0 Å². The number of rotatable bonds is 20. The van der Waals surface area contributed by atoms with E-state index in [2.05, 4.69) is 21.3 Å². The Morgan fingerprint density at radius 3 is 0.878 bits per heavy atom. The van der Waals surface area contributed by atoms with Crippen molar-refractivity contribution >= 4 is 47.6 Å². The first kappa shape index (κ1) is 46.6. The van der Waals surface area contributed by atoms with Crippen LogP contribution >= 0.6 is 0 Å². The third-order valence-electron chi connectivity index (χ3n) is 3.31. The summed E-state index contributed by atoms with van der Waals surface area (Å²) in [6.45, 7) is 1.91. The van der Waals surface area contributed by atoms with Crippen molar-refractivity contribution in [3.63, 3.8) is 0 Å². The minimum Gasteiger partial charge on any atom is -0.481 e. The van der Waals surface area contributed by atoms with Crippen molar-refractivity contribution in [3.05, 3.63) is 0 Å². The Kier molecular flexibility index (Phi) is 38.5. The average molecular weight is 603 g/mol. The molecule has 0 unspecified atom stereocenters. The number of carboxylic acid groups (broad SMARTS) is 7. The maximum atomic E-state index is 10.4. The van der Waals surface area contributed by atoms with Gasteiger partial charge in [-0.1, -0.05) is 7.43 Å². The number of ketones is 1. The van der Waals surface area contributed by atoms with E-state index < -0.39 is 41.8 Å². The van der Waals surface area contributed by atoms with Crippen molar-refractivity contribution < 1.29 is 74.1 Å². The van der Waals surface area contributed by atoms with E-state index in [0.29, 0.717) is 19.5 Å². The summed E-state index contributed by atoms with van der Waals surface area (Å²) in [5, 5.41) is 66.4. The third kappa shape index (κ3) is 72.2. The fraction of sp³-hybridized carbons (Fsp3) is 0.636. The van der Waals surface area contributed by atoms with Gasteiger partial charge < -0.3 is 51.7 Å². The second-order valence-electron chi connectivity index (χ2n) is 7.17. The lowest BCUT2D eigenvalue weighted by Crippen LogP contribution is -2.27. The standard InChI is InChI=1S/C7H13NO3.2C5H9NO4.C4H7NO4.CH4/c1-6(9)2-4-8-5-3-7(10)11;2*7-4(8)1-2-6-3-5(9)10;6-3(7)1-5-2-4(8)9;/h8H,2-5H2,1H3,(H,10,11);2*6H,1-3H2,(H,7,8)(H,9,10);5H,1-2H2,(H,6,7)(H,8,9);1H4. The van der Waals surface area contributed by atoms with E-state index in [-0.39, 0.29) is 71.7 Å². The van der Waals surface area contributed by atoms with Crippen LogP contribution in [0.15, 0.2) is 0 Å². The van der Waals surface area contributed by atoms with Gasteiger partial charge >= 0.3 is 41.8 Å². The number of nitrogens with one attached hydrogen (secondary N) is 4. The molecule has 19 nitrogen and oxygen atoms in total. The van der Waals surface area contributed by atoms with Gasteiger partial charge in [0.05, 0.1) is 45.4 Å². The maximum Gasteiger partial charge on any atom is 0.317 e. The van der Waals surface area contributed by atoms with Gasteiger partial charge in [0.1, 0.15) is 5.78 Å². The first-order valence-corrected chi connectivity index (χ1v) is 11.4. The third-order valence-corrected chi connectivity index (χ3v) is 3.31. The van der Waals surface area contributed by atoms with Gasteiger partial charge in [0.2, 0.25) is 0 Å². The SMILES string of the molecule is C.CC(=O)CCNCCC(=O)O.O=C(O)CCNCC(=O)O.O=C(O)CCNCC(=O)O.O=C(O)CNCC(=O)O. The van der Waals surface area contributed by atoms with E-state index in [0.717, 1.165) is 0 Å². The molecule has 0 aliphatic heterocycles. The van der Waals surface area contributed by atoms with Gasteiger partial charge in [0.15, 0.2) is 0 Å². The van der Waals surface area contributed by atoms with Gasteiger partial charge in [-0.25, -0.2) is 0 Å². The van der Waals surface area contributed by atoms with Crippen molar-refractivity contribution in [1.82, 2.24) is 21.3 Å². The number of carboxylic acids is 7. The van der Waals surface area contributed by atoms with Crippen LogP contribution in [0.2, 0.25) is 0 Å². The van der Waals surface area contributed by atoms with Crippen LogP contribution in [0.5, 0.6) is 0 Å². The highest BCUT2D eigenvalue weighted by atomic mass is 16.4. The molecule has 0 saturated carbocycles. The van der Waals surface area contributed by atoms with Crippen molar-refractivity contribution in [1.29, 1.82) is 0 Å². The fourth-order valence-electron chi connectivity index (χ4n) is 1.64. The molecule has 41 heavy (non-hydrogen) atoms. The summed E-state index contributed by atoms with van der Waals surface area (Å²) in [6.07, 6.45) is 0.484. The highest BCUT2D eigenvalue weighted by Crippen LogP contribution is 1.80. The summed E-state index contributed by atoms with van der Waals surface area (Å²) in [7, 11) is 0. The quantitative estimate of drug-likeness (QED) is 0.0651. The van der Waals surface area contributed by atoms with E-state index in [1.165, 1.54) is 6.92 Å². The Balaban J connectivity index is -0.000000140. The molecule has 0 atom stereocenters. The van der Waals surface area contributed by atoms with E-state index in [9.17, 15) is 38.4 Å². The number of hydrogen-bond donors (Lipinski definition) is 11. The number of hydrogen-bond acceptors (Lipinski definition) is 12. The molecule has 11 N–H and O–H groups in total. The summed E-state index contributed by atoms with van der Waals surface area (Å²) < 4.78 is 0. The molecule has 0 heterocycles. The minimum absolute atomic E-state index is 0. The normalized spacial score (nSPS) is 9.00. The van der Waals surface area contributed by atoms with E-state index in [1.54, 1.807) is 0 Å². The summed E-state index contributed by atoms with van der Waals surface area (Å²) in [5.41, 5.74) is 0. The lowest BCUT2D eigenvalue weighted by atomic mass is 10.3. The summed E-state index contributed by atoms with van der Waals surface area (Å²) in [4.78, 5) is 79.2. The Hall–Kier alpha value is -4.20. The predicted molar refractivity (Wildman–Crippen MR) is 141 cm³/mol. The van der Waals surface area contributed by atoms with Crippen LogP contribution in [-0.4, -0.2) is 136 Å². The molecule has 0 bridgehead atoms. The van der Waals surface area contributed by atoms with E-state index in [1.807, 2.05) is 0 Å². The smallest absolute Gasteiger partial charge is 0.317 e. The van der Waals surface area contributed by atoms with Crippen LogP contribution in [0.4, 0.5) is 0 Å². The van der Waals surface area contributed by atoms with Crippen molar-refractivity contribution in [2.45, 2.75) is 40.0 Å². The minimum atomic E-state index is -1.06. The molecule has 19 heteroatoms. The Morgan fingerprint density at radius 2 is 0.634 bits per heavy atom. The molecule has 0 aromatic heterocycles. The van der Waals surface area contributed by atoms with Crippen LogP contribution in [0.1, 0.15) is 40.0 Å². The van der Waals surface area contributed by atoms with Crippen molar-refractivity contribution in [3.8, 4) is 0 Å². The first-order valence-electron chi connectivity index (χ1n) is 11.4. The molecule has 0 aromatic carbocycles. The second kappa shape index (κ2) is 33.8. The van der Waals surface area contributed by atoms with E-state index >= 15 is 0 Å². The molecule has 0 amide bonds. The molecule has 0 fully saturated rings. The number of Topliss-reactive ketones (excluding diaryl/α,β-unsaturated/α-hetero) is 1. The molecular formula is C22H42N4O15. The van der Waals surface area contributed by atoms with Crippen molar-refractivity contribution in [2.24, 2.45) is 0 Å². The highest BCUT2D eigenvalue weighted by molar-refractivity contribution is 5.75. The molecule has 0 spiro atoms. The monoisotopic (exact) mass is 602 g/mol. The largest absolute Gasteiger partial charge is 0.481 e. The molecule has 0 aliphatic carbocycles. The fourth-order valence-corrected chi connectivity index (χ4v) is 1.64. The zero-order valence-electron chi connectivity index (χ0n) is 21.9. The molecule has 0 aliphatic rings. The average Bonchev–Trinajstić information content (AvgIpc) is 2.79. The first-order chi connectivity index (χ1) is 18.5. The van der Waals surface area contributed by atoms with Gasteiger partial charge in [-0.15, -0.1) is 0 Å². The van der Waals surface area contributed by atoms with Crippen molar-refractivity contribution in [2.75, 3.05) is 52.4 Å². The van der Waals surface area contributed by atoms with E-state index in [4.69, 9.17) is 35.7 Å². The van der Waals surface area contributed by atoms with Gasteiger partial charge in [0.25, 0.3) is 0 Å². The molecule has 0 saturated heterocycles. The highest BCUT2D eigenvalue weighted by Gasteiger charge is 1.99. The molecular weight excluding hydrogens is 560 g/mol. The molecule has 0 rings (SSSR count). The van der Waals surface area contributed by atoms with Gasteiger partial charge in [-0.3, -0.25) is 43.7 Å². The maximum absolute atomic E-state index is 10.4. The van der Waals surface area contributed by atoms with Crippen LogP contribution < -0.4 is 21.3 Å². The van der Waals surface area contributed by atoms with Crippen LogP contribution in [-0.2, 0) is 38.4 Å². The lowest BCUT2D eigenvalue weighted by molar-refractivity contribution is -0.138. The Bertz CT molecular complexity index is 697. The number of carbonyl (C=O) groups excluding carboxylic acids is 1. The zero-order chi connectivity index (χ0) is 31.9. The molecule has 240 valence electrons. The van der Waals surface area contributed by atoms with Gasteiger partial charge in [-0.2, -0.15) is 0 Å². The summed E-state index contributed by atoms with van der Waals surface area (Å²) in [6, 6.07) is 0. The topological polar surface area (TPSA) is 326 Å². The lowest BCUT2D eigenvalue weighted by Gasteiger charge is -1.98. The molecule has 0 radical (unpaired) electrons. The number of carbonyl (C=O) groups is 8. The summed E-state index contributed by atoms with van der Waals surface area (Å²) >= 11 is 0. The van der Waals surface area contributed by atoms with Crippen LogP contribution in [0.3, 0.4) is 0 Å². The zero-order valence-corrected chi connectivity index (χ0v) is 21.9. The Morgan fingerprint density at radius 1 is 0.390 bits per heavy atom. The second-order valence-corrected chi connectivity index (χ2v) is 7.17.